The summed E-state index contributed by atoms with van der Waals surface area (Å²) in [5, 5.41) is 7.61. The lowest BCUT2D eigenvalue weighted by Gasteiger charge is -2.14. The number of carbonyl (C=O) groups is 1. The summed E-state index contributed by atoms with van der Waals surface area (Å²) in [5.74, 6) is 0.0205. The van der Waals surface area contributed by atoms with Gasteiger partial charge in [0.15, 0.2) is 0 Å². The fourth-order valence-electron chi connectivity index (χ4n) is 1.28. The fraction of sp³-hybridized carbons (Fsp3) is 0.333. The lowest BCUT2D eigenvalue weighted by Crippen LogP contribution is -2.25. The van der Waals surface area contributed by atoms with E-state index in [0.717, 1.165) is 15.4 Å². The first-order valence-electron chi connectivity index (χ1n) is 5.24. The van der Waals surface area contributed by atoms with E-state index in [0.29, 0.717) is 5.88 Å². The van der Waals surface area contributed by atoms with Gasteiger partial charge in [0.2, 0.25) is 5.88 Å². The highest BCUT2D eigenvalue weighted by atomic mass is 79.9. The van der Waals surface area contributed by atoms with E-state index < -0.39 is 5.41 Å². The molecule has 2 aromatic rings. The number of halogens is 1. The van der Waals surface area contributed by atoms with Crippen LogP contribution in [0.1, 0.15) is 20.8 Å². The molecule has 5 heteroatoms. The van der Waals surface area contributed by atoms with E-state index in [4.69, 9.17) is 4.74 Å². The van der Waals surface area contributed by atoms with Crippen LogP contribution in [0.5, 0.6) is 5.88 Å². The summed E-state index contributed by atoms with van der Waals surface area (Å²) in [6.07, 6.45) is 0. The van der Waals surface area contributed by atoms with E-state index in [9.17, 15) is 4.79 Å². The highest BCUT2D eigenvalue weighted by Gasteiger charge is 2.25. The maximum absolute atomic E-state index is 11.8. The summed E-state index contributed by atoms with van der Waals surface area (Å²) in [4.78, 5) is 11.8. The average Bonchev–Trinajstić information content (AvgIpc) is 2.60. The monoisotopic (exact) mass is 296 g/mol. The summed E-state index contributed by atoms with van der Waals surface area (Å²) in [6, 6.07) is 5.64. The first-order chi connectivity index (χ1) is 7.88. The minimum absolute atomic E-state index is 0.300. The number of aromatic amines is 1. The van der Waals surface area contributed by atoms with Crippen molar-refractivity contribution in [2.45, 2.75) is 20.8 Å². The molecule has 90 valence electrons. The zero-order valence-corrected chi connectivity index (χ0v) is 11.5. The zero-order valence-electron chi connectivity index (χ0n) is 9.87. The first kappa shape index (κ1) is 12.1. The molecule has 1 heterocycles. The van der Waals surface area contributed by atoms with Gasteiger partial charge in [0.1, 0.15) is 0 Å². The molecular weight excluding hydrogens is 284 g/mol. The summed E-state index contributed by atoms with van der Waals surface area (Å²) in [7, 11) is 0. The van der Waals surface area contributed by atoms with Crippen molar-refractivity contribution in [3.63, 3.8) is 0 Å². The predicted octanol–water partition coefficient (Wildman–Crippen LogP) is 3.28. The minimum Gasteiger partial charge on any atom is -0.405 e. The van der Waals surface area contributed by atoms with Crippen LogP contribution < -0.4 is 4.74 Å². The molecule has 0 saturated carbocycles. The number of ether oxygens (including phenoxy) is 1. The van der Waals surface area contributed by atoms with Crippen molar-refractivity contribution in [1.29, 1.82) is 0 Å². The van der Waals surface area contributed by atoms with E-state index in [-0.39, 0.29) is 5.97 Å². The van der Waals surface area contributed by atoms with Gasteiger partial charge in [-0.2, -0.15) is 0 Å². The lowest BCUT2D eigenvalue weighted by molar-refractivity contribution is -0.143. The highest BCUT2D eigenvalue weighted by Crippen LogP contribution is 2.27. The molecule has 0 aliphatic carbocycles. The molecule has 4 nitrogen and oxygen atoms in total. The standard InChI is InChI=1S/C12H13BrN2O2/c1-12(2,3)11(16)17-10-8-6-7(13)4-5-9(8)14-15-10/h4-6H,1-3H3,(H,14,15). The van der Waals surface area contributed by atoms with Gasteiger partial charge >= 0.3 is 5.97 Å². The number of hydrogen-bond donors (Lipinski definition) is 1. The zero-order chi connectivity index (χ0) is 12.6. The Morgan fingerprint density at radius 2 is 2.12 bits per heavy atom. The molecule has 2 rings (SSSR count). The van der Waals surface area contributed by atoms with Crippen molar-refractivity contribution in [3.05, 3.63) is 22.7 Å². The molecule has 17 heavy (non-hydrogen) atoms. The van der Waals surface area contributed by atoms with Gasteiger partial charge in [0.05, 0.1) is 16.3 Å². The number of benzene rings is 1. The van der Waals surface area contributed by atoms with Crippen molar-refractivity contribution >= 4 is 32.8 Å². The maximum Gasteiger partial charge on any atom is 0.318 e. The molecule has 1 aromatic heterocycles. The van der Waals surface area contributed by atoms with Crippen LogP contribution in [-0.4, -0.2) is 16.2 Å². The van der Waals surface area contributed by atoms with Crippen LogP contribution in [0.25, 0.3) is 10.9 Å². The minimum atomic E-state index is -0.544. The largest absolute Gasteiger partial charge is 0.405 e. The molecular formula is C12H13BrN2O2. The fourth-order valence-corrected chi connectivity index (χ4v) is 1.64. The maximum atomic E-state index is 11.8. The molecule has 0 saturated heterocycles. The van der Waals surface area contributed by atoms with Crippen molar-refractivity contribution in [1.82, 2.24) is 10.2 Å². The molecule has 0 bridgehead atoms. The van der Waals surface area contributed by atoms with Crippen molar-refractivity contribution < 1.29 is 9.53 Å². The van der Waals surface area contributed by atoms with Gasteiger partial charge in [-0.3, -0.25) is 9.89 Å². The SMILES string of the molecule is CC(C)(C)C(=O)Oc1n[nH]c2ccc(Br)cc12. The Bertz CT molecular complexity index is 569. The normalized spacial score (nSPS) is 11.8. The smallest absolute Gasteiger partial charge is 0.318 e. The van der Waals surface area contributed by atoms with Crippen LogP contribution in [0, 0.1) is 5.41 Å². The second kappa shape index (κ2) is 4.14. The molecule has 0 spiro atoms. The number of fused-ring (bicyclic) bond motifs is 1. The van der Waals surface area contributed by atoms with E-state index in [1.807, 2.05) is 18.2 Å². The van der Waals surface area contributed by atoms with E-state index in [1.54, 1.807) is 20.8 Å². The number of H-pyrrole nitrogens is 1. The molecule has 0 unspecified atom stereocenters. The third-order valence-corrected chi connectivity index (χ3v) is 2.78. The Morgan fingerprint density at radius 3 is 2.76 bits per heavy atom. The first-order valence-corrected chi connectivity index (χ1v) is 6.03. The van der Waals surface area contributed by atoms with Crippen LogP contribution in [0.4, 0.5) is 0 Å². The lowest BCUT2D eigenvalue weighted by atomic mass is 9.97. The van der Waals surface area contributed by atoms with E-state index >= 15 is 0 Å². The number of hydrogen-bond acceptors (Lipinski definition) is 3. The molecule has 1 aromatic carbocycles. The number of nitrogens with one attached hydrogen (secondary N) is 1. The van der Waals surface area contributed by atoms with Gasteiger partial charge in [-0.1, -0.05) is 15.9 Å². The van der Waals surface area contributed by atoms with Gasteiger partial charge in [-0.05, 0) is 39.0 Å². The van der Waals surface area contributed by atoms with E-state index in [1.165, 1.54) is 0 Å². The van der Waals surface area contributed by atoms with E-state index in [2.05, 4.69) is 26.1 Å². The van der Waals surface area contributed by atoms with Crippen molar-refractivity contribution in [2.24, 2.45) is 5.41 Å². The molecule has 0 aliphatic heterocycles. The second-order valence-electron chi connectivity index (χ2n) is 4.86. The number of aromatic nitrogens is 2. The topological polar surface area (TPSA) is 55.0 Å². The van der Waals surface area contributed by atoms with Gasteiger partial charge in [0.25, 0.3) is 0 Å². The number of nitrogens with zero attached hydrogens (tertiary/aromatic N) is 1. The third kappa shape index (κ3) is 2.49. The Labute approximate surface area is 107 Å². The van der Waals surface area contributed by atoms with Crippen LogP contribution in [0.3, 0.4) is 0 Å². The van der Waals surface area contributed by atoms with Gasteiger partial charge in [0, 0.05) is 4.47 Å². The second-order valence-corrected chi connectivity index (χ2v) is 5.77. The summed E-state index contributed by atoms with van der Waals surface area (Å²) >= 11 is 3.37. The highest BCUT2D eigenvalue weighted by molar-refractivity contribution is 9.10. The van der Waals surface area contributed by atoms with Crippen LogP contribution >= 0.6 is 15.9 Å². The van der Waals surface area contributed by atoms with Crippen molar-refractivity contribution in [2.75, 3.05) is 0 Å². The Kier molecular flexibility index (Phi) is 2.95. The quantitative estimate of drug-likeness (QED) is 0.822. The number of esters is 1. The Hall–Kier alpha value is -1.36. The van der Waals surface area contributed by atoms with Gasteiger partial charge in [-0.15, -0.1) is 5.10 Å². The third-order valence-electron chi connectivity index (χ3n) is 2.29. The Morgan fingerprint density at radius 1 is 1.41 bits per heavy atom. The van der Waals surface area contributed by atoms with Gasteiger partial charge in [-0.25, -0.2) is 0 Å². The molecule has 1 N–H and O–H groups in total. The summed E-state index contributed by atoms with van der Waals surface area (Å²) < 4.78 is 6.20. The van der Waals surface area contributed by atoms with Crippen LogP contribution in [0.15, 0.2) is 22.7 Å². The number of carbonyl (C=O) groups excluding carboxylic acids is 1. The molecule has 0 radical (unpaired) electrons. The van der Waals surface area contributed by atoms with Crippen molar-refractivity contribution in [3.8, 4) is 5.88 Å². The molecule has 0 aliphatic rings. The van der Waals surface area contributed by atoms with Crippen LogP contribution in [-0.2, 0) is 4.79 Å². The molecule has 0 fully saturated rings. The number of rotatable bonds is 1. The summed E-state index contributed by atoms with van der Waals surface area (Å²) in [5.41, 5.74) is 0.294. The molecule has 0 amide bonds. The molecule has 0 atom stereocenters. The van der Waals surface area contributed by atoms with Gasteiger partial charge < -0.3 is 4.74 Å². The van der Waals surface area contributed by atoms with Crippen LogP contribution in [0.2, 0.25) is 0 Å². The Balaban J connectivity index is 2.37. The summed E-state index contributed by atoms with van der Waals surface area (Å²) in [6.45, 7) is 5.42. The average molecular weight is 297 g/mol. The predicted molar refractivity (Wildman–Crippen MR) is 68.9 cm³/mol.